The van der Waals surface area contributed by atoms with Crippen LogP contribution in [-0.2, 0) is 0 Å². The number of benzene rings is 1. The van der Waals surface area contributed by atoms with E-state index in [1.54, 1.807) is 6.07 Å². The van der Waals surface area contributed by atoms with E-state index in [2.05, 4.69) is 10.6 Å². The predicted molar refractivity (Wildman–Crippen MR) is 67.3 cm³/mol. The second-order valence-electron chi connectivity index (χ2n) is 3.47. The second-order valence-corrected chi connectivity index (χ2v) is 4.28. The molecule has 1 saturated heterocycles. The average molecular weight is 286 g/mol. The number of nitrogens with one attached hydrogen (secondary N) is 2. The fraction of sp³-hybridized carbons (Fsp3) is 0.400. The van der Waals surface area contributed by atoms with Crippen LogP contribution in [0.2, 0.25) is 10.0 Å². The SMILES string of the molecule is Cl.Fc1c(Cl)ccc(Cl)c1[C@H]1CNCCN1. The lowest BCUT2D eigenvalue weighted by Crippen LogP contribution is -2.43. The van der Waals surface area contributed by atoms with Crippen LogP contribution in [0.25, 0.3) is 0 Å². The molecule has 90 valence electrons. The molecule has 0 unspecified atom stereocenters. The Morgan fingerprint density at radius 2 is 1.88 bits per heavy atom. The van der Waals surface area contributed by atoms with Gasteiger partial charge in [0.05, 0.1) is 5.02 Å². The van der Waals surface area contributed by atoms with E-state index >= 15 is 0 Å². The highest BCUT2D eigenvalue weighted by molar-refractivity contribution is 6.33. The molecule has 0 saturated carbocycles. The van der Waals surface area contributed by atoms with Crippen molar-refractivity contribution in [2.75, 3.05) is 19.6 Å². The molecule has 0 spiro atoms. The van der Waals surface area contributed by atoms with Crippen LogP contribution in [-0.4, -0.2) is 19.6 Å². The Bertz CT molecular complexity index is 367. The summed E-state index contributed by atoms with van der Waals surface area (Å²) in [6.07, 6.45) is 0. The van der Waals surface area contributed by atoms with Gasteiger partial charge in [-0.3, -0.25) is 0 Å². The van der Waals surface area contributed by atoms with E-state index < -0.39 is 5.82 Å². The minimum atomic E-state index is -0.426. The molecule has 0 radical (unpaired) electrons. The molecule has 1 aromatic carbocycles. The number of hydrogen-bond acceptors (Lipinski definition) is 2. The standard InChI is InChI=1S/C10H11Cl2FN2.ClH/c11-6-1-2-7(12)10(13)9(6)8-5-14-3-4-15-8;/h1-2,8,14-15H,3-5H2;1H/t8-;/m1./s1. The highest BCUT2D eigenvalue weighted by atomic mass is 35.5. The van der Waals surface area contributed by atoms with Crippen molar-refractivity contribution < 1.29 is 4.39 Å². The summed E-state index contributed by atoms with van der Waals surface area (Å²) in [5.74, 6) is -0.426. The van der Waals surface area contributed by atoms with Crippen LogP contribution in [0.5, 0.6) is 0 Å². The van der Waals surface area contributed by atoms with E-state index in [0.717, 1.165) is 13.1 Å². The Morgan fingerprint density at radius 3 is 2.50 bits per heavy atom. The summed E-state index contributed by atoms with van der Waals surface area (Å²) in [5.41, 5.74) is 0.455. The molecular formula is C10H12Cl3FN2. The molecular weight excluding hydrogens is 273 g/mol. The molecule has 0 aromatic heterocycles. The van der Waals surface area contributed by atoms with Crippen molar-refractivity contribution in [2.24, 2.45) is 0 Å². The van der Waals surface area contributed by atoms with Crippen LogP contribution >= 0.6 is 35.6 Å². The zero-order chi connectivity index (χ0) is 10.8. The van der Waals surface area contributed by atoms with Crippen LogP contribution in [0, 0.1) is 5.82 Å². The monoisotopic (exact) mass is 284 g/mol. The van der Waals surface area contributed by atoms with Gasteiger partial charge in [-0.15, -0.1) is 12.4 Å². The van der Waals surface area contributed by atoms with Crippen LogP contribution in [0.1, 0.15) is 11.6 Å². The number of halogens is 4. The Kier molecular flexibility index (Phi) is 5.28. The van der Waals surface area contributed by atoms with Gasteiger partial charge in [0.15, 0.2) is 0 Å². The summed E-state index contributed by atoms with van der Waals surface area (Å²) in [5, 5.41) is 6.90. The van der Waals surface area contributed by atoms with Gasteiger partial charge in [-0.25, -0.2) is 4.39 Å². The lowest BCUT2D eigenvalue weighted by atomic mass is 10.0. The van der Waals surface area contributed by atoms with Gasteiger partial charge in [-0.2, -0.15) is 0 Å². The van der Waals surface area contributed by atoms with Gasteiger partial charge in [0.2, 0.25) is 0 Å². The summed E-state index contributed by atoms with van der Waals surface area (Å²) in [7, 11) is 0. The normalized spacial score (nSPS) is 20.3. The van der Waals surface area contributed by atoms with Gasteiger partial charge in [0.1, 0.15) is 5.82 Å². The minimum Gasteiger partial charge on any atom is -0.314 e. The molecule has 6 heteroatoms. The summed E-state index contributed by atoms with van der Waals surface area (Å²) in [6.45, 7) is 2.35. The summed E-state index contributed by atoms with van der Waals surface area (Å²) >= 11 is 11.7. The first-order chi connectivity index (χ1) is 7.20. The van der Waals surface area contributed by atoms with Crippen molar-refractivity contribution in [2.45, 2.75) is 6.04 Å². The van der Waals surface area contributed by atoms with Crippen LogP contribution in [0.15, 0.2) is 12.1 Å². The first-order valence-corrected chi connectivity index (χ1v) is 5.53. The van der Waals surface area contributed by atoms with E-state index in [0.29, 0.717) is 17.1 Å². The van der Waals surface area contributed by atoms with Gasteiger partial charge >= 0.3 is 0 Å². The van der Waals surface area contributed by atoms with E-state index in [1.165, 1.54) is 6.07 Å². The van der Waals surface area contributed by atoms with Crippen molar-refractivity contribution >= 4 is 35.6 Å². The largest absolute Gasteiger partial charge is 0.314 e. The molecule has 0 bridgehead atoms. The van der Waals surface area contributed by atoms with Gasteiger partial charge in [-0.1, -0.05) is 23.2 Å². The van der Waals surface area contributed by atoms with Gasteiger partial charge in [0, 0.05) is 36.3 Å². The maximum absolute atomic E-state index is 13.8. The van der Waals surface area contributed by atoms with Crippen LogP contribution in [0.3, 0.4) is 0 Å². The van der Waals surface area contributed by atoms with Crippen LogP contribution < -0.4 is 10.6 Å². The summed E-state index contributed by atoms with van der Waals surface area (Å²) < 4.78 is 13.8. The second kappa shape index (κ2) is 6.03. The molecule has 0 aliphatic carbocycles. The average Bonchev–Trinajstić information content (AvgIpc) is 2.26. The number of rotatable bonds is 1. The maximum atomic E-state index is 13.8. The Morgan fingerprint density at radius 1 is 1.19 bits per heavy atom. The summed E-state index contributed by atoms with van der Waals surface area (Å²) in [4.78, 5) is 0. The molecule has 1 fully saturated rings. The predicted octanol–water partition coefficient (Wildman–Crippen LogP) is 2.79. The molecule has 2 N–H and O–H groups in total. The van der Waals surface area contributed by atoms with E-state index in [4.69, 9.17) is 23.2 Å². The first-order valence-electron chi connectivity index (χ1n) is 4.77. The minimum absolute atomic E-state index is 0. The highest BCUT2D eigenvalue weighted by Gasteiger charge is 2.22. The summed E-state index contributed by atoms with van der Waals surface area (Å²) in [6, 6.07) is 2.99. The fourth-order valence-electron chi connectivity index (χ4n) is 1.72. The lowest BCUT2D eigenvalue weighted by molar-refractivity contribution is 0.417. The molecule has 2 rings (SSSR count). The molecule has 16 heavy (non-hydrogen) atoms. The highest BCUT2D eigenvalue weighted by Crippen LogP contribution is 2.30. The van der Waals surface area contributed by atoms with Gasteiger partial charge in [0.25, 0.3) is 0 Å². The molecule has 1 heterocycles. The molecule has 1 aliphatic rings. The van der Waals surface area contributed by atoms with Gasteiger partial charge in [-0.05, 0) is 12.1 Å². The Labute approximate surface area is 110 Å². The topological polar surface area (TPSA) is 24.1 Å². The van der Waals surface area contributed by atoms with Crippen molar-refractivity contribution in [1.82, 2.24) is 10.6 Å². The van der Waals surface area contributed by atoms with Crippen LogP contribution in [0.4, 0.5) is 4.39 Å². The number of piperazine rings is 1. The zero-order valence-corrected chi connectivity index (χ0v) is 10.7. The third-order valence-corrected chi connectivity index (χ3v) is 3.09. The molecule has 1 aromatic rings. The Hall–Kier alpha value is -0.0600. The van der Waals surface area contributed by atoms with E-state index in [9.17, 15) is 4.39 Å². The van der Waals surface area contributed by atoms with Crippen molar-refractivity contribution in [3.63, 3.8) is 0 Å². The van der Waals surface area contributed by atoms with Crippen molar-refractivity contribution in [3.8, 4) is 0 Å². The van der Waals surface area contributed by atoms with Crippen molar-refractivity contribution in [3.05, 3.63) is 33.6 Å². The molecule has 0 amide bonds. The Balaban J connectivity index is 0.00000128. The number of hydrogen-bond donors (Lipinski definition) is 2. The smallest absolute Gasteiger partial charge is 0.148 e. The zero-order valence-electron chi connectivity index (χ0n) is 8.40. The molecule has 1 aliphatic heterocycles. The third-order valence-electron chi connectivity index (χ3n) is 2.47. The third kappa shape index (κ3) is 2.79. The molecule has 2 nitrogen and oxygen atoms in total. The fourth-order valence-corrected chi connectivity index (χ4v) is 2.16. The molecule has 1 atom stereocenters. The van der Waals surface area contributed by atoms with Gasteiger partial charge < -0.3 is 10.6 Å². The first kappa shape index (κ1) is 14.0. The lowest BCUT2D eigenvalue weighted by Gasteiger charge is -2.26. The van der Waals surface area contributed by atoms with E-state index in [1.807, 2.05) is 0 Å². The van der Waals surface area contributed by atoms with E-state index in [-0.39, 0.29) is 23.5 Å². The quantitative estimate of drug-likeness (QED) is 0.775. The maximum Gasteiger partial charge on any atom is 0.148 e. The van der Waals surface area contributed by atoms with Crippen molar-refractivity contribution in [1.29, 1.82) is 0 Å².